The summed E-state index contributed by atoms with van der Waals surface area (Å²) in [7, 11) is 0. The van der Waals surface area contributed by atoms with E-state index in [1.807, 2.05) is 43.3 Å². The Morgan fingerprint density at radius 3 is 2.88 bits per heavy atom. The number of amides is 1. The summed E-state index contributed by atoms with van der Waals surface area (Å²) in [6.45, 7) is 4.84. The first-order valence-corrected chi connectivity index (χ1v) is 12.9. The Labute approximate surface area is 204 Å². The summed E-state index contributed by atoms with van der Waals surface area (Å²) in [6.07, 6.45) is 2.73. The largest absolute Gasteiger partial charge is 0.356 e. The van der Waals surface area contributed by atoms with Gasteiger partial charge in [0.2, 0.25) is 17.6 Å². The third-order valence-electron chi connectivity index (χ3n) is 5.99. The molecule has 1 aliphatic heterocycles. The first-order chi connectivity index (χ1) is 16.6. The van der Waals surface area contributed by atoms with Crippen molar-refractivity contribution < 1.29 is 13.7 Å². The van der Waals surface area contributed by atoms with Crippen LogP contribution in [0.5, 0.6) is 0 Å². The van der Waals surface area contributed by atoms with Gasteiger partial charge < -0.3 is 9.84 Å². The van der Waals surface area contributed by atoms with Crippen LogP contribution in [-0.4, -0.2) is 46.3 Å². The standard InChI is InChI=1S/C26H31FN4O2S/c1-19-9-11-20(12-10-19)25-29-24(33-30-25)17-31-14-4-7-21(16-31)26(32)28-13-5-15-34-18-22-6-2-3-8-23(22)27/h2-3,6,8-12,21H,4-5,7,13-18H2,1H3,(H,28,32). The highest BCUT2D eigenvalue weighted by Crippen LogP contribution is 2.21. The fourth-order valence-electron chi connectivity index (χ4n) is 4.07. The number of aromatic nitrogens is 2. The summed E-state index contributed by atoms with van der Waals surface area (Å²) in [5.74, 6) is 2.62. The van der Waals surface area contributed by atoms with Crippen molar-refractivity contribution in [2.45, 2.75) is 38.5 Å². The minimum atomic E-state index is -0.156. The zero-order valence-electron chi connectivity index (χ0n) is 19.5. The van der Waals surface area contributed by atoms with Gasteiger partial charge in [0.1, 0.15) is 5.82 Å². The van der Waals surface area contributed by atoms with Gasteiger partial charge in [0, 0.05) is 24.4 Å². The maximum Gasteiger partial charge on any atom is 0.241 e. The molecule has 2 heterocycles. The van der Waals surface area contributed by atoms with E-state index in [9.17, 15) is 9.18 Å². The smallest absolute Gasteiger partial charge is 0.241 e. The van der Waals surface area contributed by atoms with E-state index in [2.05, 4.69) is 20.4 Å². The molecule has 1 amide bonds. The molecule has 0 aliphatic carbocycles. The number of hydrogen-bond donors (Lipinski definition) is 1. The third kappa shape index (κ3) is 6.90. The molecule has 1 unspecified atom stereocenters. The second-order valence-corrected chi connectivity index (χ2v) is 9.85. The number of nitrogens with one attached hydrogen (secondary N) is 1. The Kier molecular flexibility index (Phi) is 8.71. The molecule has 1 saturated heterocycles. The molecule has 8 heteroatoms. The van der Waals surface area contributed by atoms with E-state index in [4.69, 9.17) is 4.52 Å². The Balaban J connectivity index is 1.17. The quantitative estimate of drug-likeness (QED) is 0.417. The van der Waals surface area contributed by atoms with Crippen LogP contribution in [0.25, 0.3) is 11.4 Å². The van der Waals surface area contributed by atoms with Crippen LogP contribution in [0.15, 0.2) is 53.1 Å². The second-order valence-electron chi connectivity index (χ2n) is 8.74. The summed E-state index contributed by atoms with van der Waals surface area (Å²) < 4.78 is 19.1. The van der Waals surface area contributed by atoms with Crippen molar-refractivity contribution in [2.24, 2.45) is 5.92 Å². The molecule has 2 aromatic carbocycles. The molecule has 1 fully saturated rings. The van der Waals surface area contributed by atoms with Crippen LogP contribution in [0.2, 0.25) is 0 Å². The van der Waals surface area contributed by atoms with Crippen LogP contribution >= 0.6 is 11.8 Å². The van der Waals surface area contributed by atoms with E-state index >= 15 is 0 Å². The van der Waals surface area contributed by atoms with Crippen molar-refractivity contribution in [3.05, 3.63) is 71.4 Å². The number of rotatable bonds is 10. The molecule has 1 atom stereocenters. The molecule has 0 saturated carbocycles. The molecular formula is C26H31FN4O2S. The van der Waals surface area contributed by atoms with Gasteiger partial charge in [0.15, 0.2) is 0 Å². The van der Waals surface area contributed by atoms with E-state index < -0.39 is 0 Å². The van der Waals surface area contributed by atoms with Crippen molar-refractivity contribution in [3.63, 3.8) is 0 Å². The van der Waals surface area contributed by atoms with E-state index in [0.29, 0.717) is 37.1 Å². The van der Waals surface area contributed by atoms with Crippen LogP contribution in [0.3, 0.4) is 0 Å². The minimum absolute atomic E-state index is 0.0284. The summed E-state index contributed by atoms with van der Waals surface area (Å²) >= 11 is 1.69. The highest BCUT2D eigenvalue weighted by atomic mass is 32.2. The average molecular weight is 483 g/mol. The SMILES string of the molecule is Cc1ccc(-c2noc(CN3CCCC(C(=O)NCCCSCc4ccccc4F)C3)n2)cc1. The number of likely N-dealkylation sites (tertiary alicyclic amines) is 1. The van der Waals surface area contributed by atoms with Gasteiger partial charge >= 0.3 is 0 Å². The second kappa shape index (κ2) is 12.1. The molecule has 180 valence electrons. The van der Waals surface area contributed by atoms with Crippen molar-refractivity contribution >= 4 is 17.7 Å². The van der Waals surface area contributed by atoms with Crippen LogP contribution in [0.1, 0.15) is 36.3 Å². The number of carbonyl (C=O) groups excluding carboxylic acids is 1. The van der Waals surface area contributed by atoms with E-state index in [1.165, 1.54) is 11.6 Å². The first-order valence-electron chi connectivity index (χ1n) is 11.8. The molecule has 1 aliphatic rings. The van der Waals surface area contributed by atoms with E-state index in [-0.39, 0.29) is 17.6 Å². The average Bonchev–Trinajstić information content (AvgIpc) is 3.31. The van der Waals surface area contributed by atoms with Gasteiger partial charge in [-0.05, 0) is 50.1 Å². The summed E-state index contributed by atoms with van der Waals surface area (Å²) in [5, 5.41) is 7.18. The first kappa shape index (κ1) is 24.4. The van der Waals surface area contributed by atoms with Crippen LogP contribution < -0.4 is 5.32 Å². The number of halogens is 1. The molecule has 0 spiro atoms. The van der Waals surface area contributed by atoms with Gasteiger partial charge in [-0.3, -0.25) is 9.69 Å². The Morgan fingerprint density at radius 2 is 2.06 bits per heavy atom. The van der Waals surface area contributed by atoms with E-state index in [0.717, 1.165) is 42.7 Å². The summed E-state index contributed by atoms with van der Waals surface area (Å²) in [6, 6.07) is 14.9. The van der Waals surface area contributed by atoms with E-state index in [1.54, 1.807) is 17.8 Å². The number of thioether (sulfide) groups is 1. The van der Waals surface area contributed by atoms with Crippen molar-refractivity contribution in [3.8, 4) is 11.4 Å². The Morgan fingerprint density at radius 1 is 1.24 bits per heavy atom. The maximum atomic E-state index is 13.7. The monoisotopic (exact) mass is 482 g/mol. The topological polar surface area (TPSA) is 71.3 Å². The van der Waals surface area contributed by atoms with Crippen LogP contribution in [0, 0.1) is 18.7 Å². The number of aryl methyl sites for hydroxylation is 1. The Hall–Kier alpha value is -2.71. The zero-order valence-corrected chi connectivity index (χ0v) is 20.3. The molecule has 3 aromatic rings. The van der Waals surface area contributed by atoms with Gasteiger partial charge in [0.05, 0.1) is 12.5 Å². The normalized spacial score (nSPS) is 16.5. The van der Waals surface area contributed by atoms with Crippen LogP contribution in [-0.2, 0) is 17.1 Å². The lowest BCUT2D eigenvalue weighted by Gasteiger charge is -2.30. The third-order valence-corrected chi connectivity index (χ3v) is 7.09. The summed E-state index contributed by atoms with van der Waals surface area (Å²) in [5.41, 5.74) is 2.85. The fraction of sp³-hybridized carbons (Fsp3) is 0.423. The lowest BCUT2D eigenvalue weighted by atomic mass is 9.97. The predicted octanol–water partition coefficient (Wildman–Crippen LogP) is 4.84. The van der Waals surface area contributed by atoms with Crippen molar-refractivity contribution in [1.29, 1.82) is 0 Å². The molecule has 0 bridgehead atoms. The summed E-state index contributed by atoms with van der Waals surface area (Å²) in [4.78, 5) is 19.4. The minimum Gasteiger partial charge on any atom is -0.356 e. The van der Waals surface area contributed by atoms with Gasteiger partial charge in [-0.2, -0.15) is 16.7 Å². The number of nitrogens with zero attached hydrogens (tertiary/aromatic N) is 3. The number of hydrogen-bond acceptors (Lipinski definition) is 6. The molecular weight excluding hydrogens is 451 g/mol. The fourth-order valence-corrected chi connectivity index (χ4v) is 5.02. The lowest BCUT2D eigenvalue weighted by molar-refractivity contribution is -0.126. The highest BCUT2D eigenvalue weighted by Gasteiger charge is 2.26. The molecule has 1 aromatic heterocycles. The van der Waals surface area contributed by atoms with Gasteiger partial charge in [-0.25, -0.2) is 4.39 Å². The lowest BCUT2D eigenvalue weighted by Crippen LogP contribution is -2.43. The zero-order chi connectivity index (χ0) is 23.8. The predicted molar refractivity (Wildman–Crippen MR) is 133 cm³/mol. The number of benzene rings is 2. The molecule has 0 radical (unpaired) electrons. The van der Waals surface area contributed by atoms with Crippen molar-refractivity contribution in [2.75, 3.05) is 25.4 Å². The number of carbonyl (C=O) groups is 1. The molecule has 4 rings (SSSR count). The van der Waals surface area contributed by atoms with Gasteiger partial charge in [-0.1, -0.05) is 53.2 Å². The van der Waals surface area contributed by atoms with Gasteiger partial charge in [0.25, 0.3) is 0 Å². The maximum absolute atomic E-state index is 13.7. The number of piperidine rings is 1. The Bertz CT molecular complexity index is 1070. The molecule has 34 heavy (non-hydrogen) atoms. The molecule has 6 nitrogen and oxygen atoms in total. The highest BCUT2D eigenvalue weighted by molar-refractivity contribution is 7.98. The van der Waals surface area contributed by atoms with Gasteiger partial charge in [-0.15, -0.1) is 0 Å². The molecule has 1 N–H and O–H groups in total. The van der Waals surface area contributed by atoms with Crippen LogP contribution in [0.4, 0.5) is 4.39 Å². The van der Waals surface area contributed by atoms with Crippen molar-refractivity contribution in [1.82, 2.24) is 20.4 Å².